The van der Waals surface area contributed by atoms with Crippen molar-refractivity contribution >= 4 is 16.1 Å². The van der Waals surface area contributed by atoms with Crippen LogP contribution in [0.4, 0.5) is 18.0 Å². The van der Waals surface area contributed by atoms with Crippen LogP contribution >= 0.6 is 0 Å². The normalized spacial score (nSPS) is 26.9. The molecule has 12 heteroatoms. The van der Waals surface area contributed by atoms with Gasteiger partial charge in [0.2, 0.25) is 10.0 Å². The van der Waals surface area contributed by atoms with E-state index in [0.29, 0.717) is 50.5 Å². The molecular formula is C18H24F3N5O3S. The summed E-state index contributed by atoms with van der Waals surface area (Å²) in [5.41, 5.74) is 0.188. The maximum Gasteiger partial charge on any atom is 0.504 e. The largest absolute Gasteiger partial charge is 0.504 e. The molecule has 4 aliphatic rings. The Morgan fingerprint density at radius 1 is 1.20 bits per heavy atom. The minimum atomic E-state index is -4.49. The second-order valence-corrected chi connectivity index (χ2v) is 11.4. The van der Waals surface area contributed by atoms with Gasteiger partial charge >= 0.3 is 12.3 Å². The van der Waals surface area contributed by atoms with E-state index in [-0.39, 0.29) is 21.9 Å². The molecule has 1 aromatic rings. The number of halogens is 3. The first-order valence-electron chi connectivity index (χ1n) is 10.1. The first-order valence-corrected chi connectivity index (χ1v) is 11.8. The summed E-state index contributed by atoms with van der Waals surface area (Å²) in [7, 11) is -3.23. The highest BCUT2D eigenvalue weighted by atomic mass is 32.2. The van der Waals surface area contributed by atoms with Crippen molar-refractivity contribution in [2.24, 2.45) is 11.3 Å². The average molecular weight is 447 g/mol. The number of sulfonamides is 1. The van der Waals surface area contributed by atoms with Gasteiger partial charge < -0.3 is 9.80 Å². The lowest BCUT2D eigenvalue weighted by Crippen LogP contribution is -2.76. The zero-order valence-corrected chi connectivity index (χ0v) is 17.2. The molecule has 1 saturated carbocycles. The molecule has 166 valence electrons. The highest BCUT2D eigenvalue weighted by molar-refractivity contribution is 7.89. The van der Waals surface area contributed by atoms with Crippen molar-refractivity contribution < 1.29 is 26.4 Å². The number of nitrogens with one attached hydrogen (secondary N) is 1. The minimum absolute atomic E-state index is 0.0345. The van der Waals surface area contributed by atoms with Gasteiger partial charge in [-0.2, -0.15) is 9.78 Å². The minimum Gasteiger partial charge on any atom is -0.323 e. The van der Waals surface area contributed by atoms with E-state index in [1.54, 1.807) is 9.80 Å². The van der Waals surface area contributed by atoms with E-state index in [0.717, 1.165) is 25.5 Å². The van der Waals surface area contributed by atoms with E-state index in [1.165, 1.54) is 6.20 Å². The number of nitrogens with zero attached hydrogens (tertiary/aromatic N) is 4. The number of hydrogen-bond acceptors (Lipinski definition) is 4. The number of urea groups is 1. The molecule has 0 bridgehead atoms. The number of amides is 2. The summed E-state index contributed by atoms with van der Waals surface area (Å²) in [5, 5.41) is 3.38. The van der Waals surface area contributed by atoms with Gasteiger partial charge in [-0.1, -0.05) is 0 Å². The molecule has 1 aliphatic carbocycles. The molecule has 8 nitrogen and oxygen atoms in total. The Balaban J connectivity index is 1.07. The van der Waals surface area contributed by atoms with Gasteiger partial charge in [0.1, 0.15) is 0 Å². The number of carbonyl (C=O) groups is 1. The molecule has 0 atom stereocenters. The fourth-order valence-corrected chi connectivity index (χ4v) is 7.20. The summed E-state index contributed by atoms with van der Waals surface area (Å²) in [6.07, 6.45) is 1.58. The van der Waals surface area contributed by atoms with E-state index < -0.39 is 21.9 Å². The van der Waals surface area contributed by atoms with Crippen molar-refractivity contribution in [2.45, 2.75) is 43.9 Å². The van der Waals surface area contributed by atoms with E-state index in [4.69, 9.17) is 0 Å². The predicted molar refractivity (Wildman–Crippen MR) is 99.8 cm³/mol. The third kappa shape index (κ3) is 3.47. The lowest BCUT2D eigenvalue weighted by atomic mass is 9.56. The molecule has 3 aliphatic heterocycles. The first-order chi connectivity index (χ1) is 14.0. The number of aromatic nitrogens is 2. The summed E-state index contributed by atoms with van der Waals surface area (Å²) < 4.78 is 64.2. The van der Waals surface area contributed by atoms with Crippen molar-refractivity contribution in [2.75, 3.05) is 31.9 Å². The van der Waals surface area contributed by atoms with Crippen LogP contribution < -0.4 is 4.72 Å². The monoisotopic (exact) mass is 447 g/mol. The standard InChI is InChI=1S/C18H24F3N5O3S/c19-18(20,21)26-8-14(7-22-26)4-13-5-16(6-13)9-24(10-16)15(27)25-11-17(12-25)2-1-3-30(28,29)23-17/h7-8,13,23H,1-6,9-12H2. The summed E-state index contributed by atoms with van der Waals surface area (Å²) in [5.74, 6) is 0.465. The first kappa shape index (κ1) is 20.1. The zero-order chi connectivity index (χ0) is 21.4. The summed E-state index contributed by atoms with van der Waals surface area (Å²) in [6, 6.07) is -0.0501. The van der Waals surface area contributed by atoms with Crippen molar-refractivity contribution in [3.63, 3.8) is 0 Å². The second-order valence-electron chi connectivity index (χ2n) is 9.54. The van der Waals surface area contributed by atoms with Gasteiger partial charge in [-0.15, -0.1) is 13.2 Å². The molecule has 1 N–H and O–H groups in total. The Morgan fingerprint density at radius 3 is 2.47 bits per heavy atom. The van der Waals surface area contributed by atoms with E-state index in [1.807, 2.05) is 0 Å². The van der Waals surface area contributed by atoms with Crippen molar-refractivity contribution in [3.8, 4) is 0 Å². The molecule has 4 fully saturated rings. The summed E-state index contributed by atoms with van der Waals surface area (Å²) in [4.78, 5) is 16.1. The van der Waals surface area contributed by atoms with Gasteiger partial charge in [0.15, 0.2) is 0 Å². The van der Waals surface area contributed by atoms with Gasteiger partial charge in [-0.25, -0.2) is 17.9 Å². The third-order valence-electron chi connectivity index (χ3n) is 6.88. The Kier molecular flexibility index (Phi) is 4.25. The Morgan fingerprint density at radius 2 is 1.87 bits per heavy atom. The topological polar surface area (TPSA) is 87.5 Å². The Hall–Kier alpha value is -1.82. The van der Waals surface area contributed by atoms with Crippen LogP contribution in [0.2, 0.25) is 0 Å². The summed E-state index contributed by atoms with van der Waals surface area (Å²) >= 11 is 0. The van der Waals surface area contributed by atoms with Gasteiger partial charge in [0, 0.05) is 37.8 Å². The number of hydrogen-bond donors (Lipinski definition) is 1. The van der Waals surface area contributed by atoms with Gasteiger partial charge in [-0.3, -0.25) is 0 Å². The molecule has 30 heavy (non-hydrogen) atoms. The number of alkyl halides is 3. The average Bonchev–Trinajstić information content (AvgIpc) is 3.01. The van der Waals surface area contributed by atoms with Crippen LogP contribution in [0.15, 0.2) is 12.4 Å². The maximum absolute atomic E-state index is 12.6. The highest BCUT2D eigenvalue weighted by Gasteiger charge is 2.56. The molecule has 3 saturated heterocycles. The Labute approximate surface area is 172 Å². The molecule has 0 aromatic carbocycles. The van der Waals surface area contributed by atoms with Crippen LogP contribution in [0.25, 0.3) is 0 Å². The van der Waals surface area contributed by atoms with E-state index >= 15 is 0 Å². The molecule has 2 spiro atoms. The van der Waals surface area contributed by atoms with Crippen molar-refractivity contribution in [3.05, 3.63) is 18.0 Å². The number of rotatable bonds is 2. The molecule has 2 amide bonds. The van der Waals surface area contributed by atoms with E-state index in [9.17, 15) is 26.4 Å². The van der Waals surface area contributed by atoms with Crippen LogP contribution in [-0.2, 0) is 22.7 Å². The summed E-state index contributed by atoms with van der Waals surface area (Å²) in [6.45, 7) is 2.17. The van der Waals surface area contributed by atoms with Crippen LogP contribution in [0, 0.1) is 11.3 Å². The maximum atomic E-state index is 12.6. The number of likely N-dealkylation sites (tertiary alicyclic amines) is 2. The van der Waals surface area contributed by atoms with Gasteiger partial charge in [0.05, 0.1) is 17.5 Å². The lowest BCUT2D eigenvalue weighted by Gasteiger charge is -2.61. The quantitative estimate of drug-likeness (QED) is 0.745. The fourth-order valence-electron chi connectivity index (χ4n) is 5.68. The van der Waals surface area contributed by atoms with Crippen LogP contribution in [0.5, 0.6) is 0 Å². The Bertz CT molecular complexity index is 956. The van der Waals surface area contributed by atoms with Gasteiger partial charge in [-0.05, 0) is 43.6 Å². The van der Waals surface area contributed by atoms with E-state index in [2.05, 4.69) is 9.82 Å². The molecule has 0 radical (unpaired) electrons. The lowest BCUT2D eigenvalue weighted by molar-refractivity contribution is -0.212. The SMILES string of the molecule is O=C(N1CC2(CC(Cc3cnn(C(F)(F)F)c3)C2)C1)N1CC2(CCCS(=O)(=O)N2)C1. The number of carbonyl (C=O) groups excluding carboxylic acids is 1. The molecule has 0 unspecified atom stereocenters. The molecule has 4 heterocycles. The smallest absolute Gasteiger partial charge is 0.323 e. The van der Waals surface area contributed by atoms with Crippen LogP contribution in [-0.4, -0.2) is 71.5 Å². The third-order valence-corrected chi connectivity index (χ3v) is 8.45. The van der Waals surface area contributed by atoms with Crippen LogP contribution in [0.3, 0.4) is 0 Å². The second kappa shape index (κ2) is 6.35. The predicted octanol–water partition coefficient (Wildman–Crippen LogP) is 1.50. The molecule has 1 aromatic heterocycles. The zero-order valence-electron chi connectivity index (χ0n) is 16.4. The van der Waals surface area contributed by atoms with Crippen molar-refractivity contribution in [1.29, 1.82) is 0 Å². The molecular weight excluding hydrogens is 423 g/mol. The van der Waals surface area contributed by atoms with Crippen molar-refractivity contribution in [1.82, 2.24) is 24.3 Å². The van der Waals surface area contributed by atoms with Crippen LogP contribution in [0.1, 0.15) is 31.2 Å². The molecule has 5 rings (SSSR count). The van der Waals surface area contributed by atoms with Gasteiger partial charge in [0.25, 0.3) is 0 Å². The fraction of sp³-hybridized carbons (Fsp3) is 0.778. The highest BCUT2D eigenvalue weighted by Crippen LogP contribution is 2.53.